The molecule has 8 heteroatoms. The lowest BCUT2D eigenvalue weighted by atomic mass is 9.76. The van der Waals surface area contributed by atoms with Crippen LogP contribution in [0.5, 0.6) is 11.5 Å². The van der Waals surface area contributed by atoms with E-state index < -0.39 is 23.2 Å². The number of likely N-dealkylation sites (N-methyl/N-ethyl adjacent to an activating group) is 1. The molecule has 1 aliphatic rings. The summed E-state index contributed by atoms with van der Waals surface area (Å²) in [4.78, 5) is 14.6. The Balaban J connectivity index is 2.00. The van der Waals surface area contributed by atoms with Crippen molar-refractivity contribution >= 4 is 30.4 Å². The molecule has 3 N–H and O–H groups in total. The molecule has 0 bridgehead atoms. The number of aliphatic hydroxyl groups is 1. The fourth-order valence-corrected chi connectivity index (χ4v) is 4.17. The Labute approximate surface area is 173 Å². The summed E-state index contributed by atoms with van der Waals surface area (Å²) in [6.45, 7) is 0.294. The van der Waals surface area contributed by atoms with Crippen LogP contribution in [-0.4, -0.2) is 53.7 Å². The van der Waals surface area contributed by atoms with Gasteiger partial charge in [-0.3, -0.25) is 4.79 Å². The summed E-state index contributed by atoms with van der Waals surface area (Å²) in [6.07, 6.45) is -0.502. The Bertz CT molecular complexity index is 1150. The van der Waals surface area contributed by atoms with Crippen molar-refractivity contribution in [3.63, 3.8) is 0 Å². The minimum Gasteiger partial charge on any atom is -0.507 e. The van der Waals surface area contributed by atoms with Crippen LogP contribution in [0.3, 0.4) is 0 Å². The van der Waals surface area contributed by atoms with Crippen LogP contribution in [0.15, 0.2) is 45.6 Å². The van der Waals surface area contributed by atoms with Gasteiger partial charge in [0.05, 0.1) is 19.0 Å². The number of likely N-dealkylation sites (tertiary alicyclic amines) is 1. The number of fused-ring (bicyclic) bond motifs is 1. The fourth-order valence-electron chi connectivity index (χ4n) is 3.94. The van der Waals surface area contributed by atoms with Crippen molar-refractivity contribution < 1.29 is 19.7 Å². The van der Waals surface area contributed by atoms with Gasteiger partial charge in [-0.15, -0.1) is 0 Å². The lowest BCUT2D eigenvalue weighted by Gasteiger charge is -2.39. The van der Waals surface area contributed by atoms with E-state index in [-0.39, 0.29) is 34.0 Å². The normalized spacial score (nSPS) is 22.8. The minimum absolute atomic E-state index is 0.0192. The second-order valence-corrected chi connectivity index (χ2v) is 7.81. The highest BCUT2D eigenvalue weighted by Gasteiger charge is 2.35. The number of rotatable bonds is 2. The van der Waals surface area contributed by atoms with Gasteiger partial charge in [0, 0.05) is 35.7 Å². The monoisotopic (exact) mass is 411 g/mol. The summed E-state index contributed by atoms with van der Waals surface area (Å²) < 4.78 is 6.00. The topological polar surface area (TPSA) is 94.1 Å². The van der Waals surface area contributed by atoms with E-state index in [2.05, 4.69) is 0 Å². The van der Waals surface area contributed by atoms with Gasteiger partial charge in [0.15, 0.2) is 5.43 Å². The van der Waals surface area contributed by atoms with Crippen molar-refractivity contribution in [3.05, 3.63) is 57.2 Å². The number of phenols is 2. The number of piperidine rings is 1. The second-order valence-electron chi connectivity index (χ2n) is 7.40. The molecule has 1 aliphatic heterocycles. The summed E-state index contributed by atoms with van der Waals surface area (Å²) in [5, 5.41) is 31.9. The van der Waals surface area contributed by atoms with E-state index in [1.807, 2.05) is 4.90 Å². The summed E-state index contributed by atoms with van der Waals surface area (Å²) in [5.41, 5.74) is 0.291. The van der Waals surface area contributed by atoms with Crippen LogP contribution in [0, 0.1) is 0 Å². The van der Waals surface area contributed by atoms with Crippen LogP contribution in [0.2, 0.25) is 5.02 Å². The average Bonchev–Trinajstić information content (AvgIpc) is 2.65. The van der Waals surface area contributed by atoms with Crippen LogP contribution in [0.1, 0.15) is 17.9 Å². The molecule has 0 amide bonds. The Morgan fingerprint density at radius 2 is 1.93 bits per heavy atom. The molecular formula is C21H19BClNO5. The standard InChI is InChI=1S/C21H19BClNO5/c1-24-9-16(28)11(6-18(24)22)19-13(25)7-14(26)20-15(27)8-17(29-21(19)20)10-4-2-3-5-12(10)23/h2-5,7-8,11,16,18,25-26,28H,6,9H2,1H3/t11-,16+,18?/m0/s1. The van der Waals surface area contributed by atoms with Crippen LogP contribution in [0.25, 0.3) is 22.3 Å². The van der Waals surface area contributed by atoms with Crippen molar-refractivity contribution in [1.82, 2.24) is 4.90 Å². The van der Waals surface area contributed by atoms with Crippen LogP contribution >= 0.6 is 11.6 Å². The van der Waals surface area contributed by atoms with Gasteiger partial charge in [-0.1, -0.05) is 23.7 Å². The lowest BCUT2D eigenvalue weighted by Crippen LogP contribution is -2.47. The first-order valence-electron chi connectivity index (χ1n) is 9.19. The van der Waals surface area contributed by atoms with E-state index in [0.29, 0.717) is 23.6 Å². The first-order chi connectivity index (χ1) is 13.8. The molecule has 1 saturated heterocycles. The Kier molecular flexibility index (Phi) is 5.06. The summed E-state index contributed by atoms with van der Waals surface area (Å²) in [6, 6.07) is 9.23. The number of aromatic hydroxyl groups is 2. The molecule has 0 saturated carbocycles. The zero-order valence-electron chi connectivity index (χ0n) is 15.7. The first-order valence-corrected chi connectivity index (χ1v) is 9.57. The van der Waals surface area contributed by atoms with E-state index in [1.165, 1.54) is 6.07 Å². The van der Waals surface area contributed by atoms with Gasteiger partial charge in [-0.25, -0.2) is 0 Å². The molecular weight excluding hydrogens is 392 g/mol. The summed E-state index contributed by atoms with van der Waals surface area (Å²) >= 11 is 6.25. The third-order valence-corrected chi connectivity index (χ3v) is 5.84. The maximum absolute atomic E-state index is 12.8. The maximum Gasteiger partial charge on any atom is 0.197 e. The molecule has 0 spiro atoms. The molecule has 1 fully saturated rings. The maximum atomic E-state index is 12.8. The van der Waals surface area contributed by atoms with E-state index in [0.717, 1.165) is 6.07 Å². The highest BCUT2D eigenvalue weighted by atomic mass is 35.5. The van der Waals surface area contributed by atoms with E-state index in [9.17, 15) is 20.1 Å². The van der Waals surface area contributed by atoms with Gasteiger partial charge in [-0.2, -0.15) is 0 Å². The number of halogens is 1. The highest BCUT2D eigenvalue weighted by molar-refractivity contribution is 6.33. The number of β-amino-alcohol motifs (C(OH)–C–C–N with tert-alkyl or cyclic N) is 1. The molecule has 6 nitrogen and oxygen atoms in total. The molecule has 1 unspecified atom stereocenters. The van der Waals surface area contributed by atoms with Gasteiger partial charge in [0.1, 0.15) is 28.2 Å². The molecule has 1 aromatic heterocycles. The van der Waals surface area contributed by atoms with Crippen LogP contribution in [0.4, 0.5) is 0 Å². The largest absolute Gasteiger partial charge is 0.507 e. The van der Waals surface area contributed by atoms with Crippen LogP contribution in [-0.2, 0) is 0 Å². The average molecular weight is 412 g/mol. The minimum atomic E-state index is -0.840. The van der Waals surface area contributed by atoms with Gasteiger partial charge in [0.2, 0.25) is 0 Å². The Morgan fingerprint density at radius 1 is 1.21 bits per heavy atom. The zero-order chi connectivity index (χ0) is 20.9. The van der Waals surface area contributed by atoms with Crippen molar-refractivity contribution in [1.29, 1.82) is 0 Å². The third kappa shape index (κ3) is 3.39. The van der Waals surface area contributed by atoms with Gasteiger partial charge >= 0.3 is 0 Å². The number of hydrogen-bond donors (Lipinski definition) is 3. The lowest BCUT2D eigenvalue weighted by molar-refractivity contribution is 0.0526. The van der Waals surface area contributed by atoms with Gasteiger partial charge in [-0.05, 0) is 31.5 Å². The van der Waals surface area contributed by atoms with Crippen molar-refractivity contribution in [2.75, 3.05) is 13.6 Å². The summed E-state index contributed by atoms with van der Waals surface area (Å²) in [7, 11) is 7.94. The fraction of sp³-hybridized carbons (Fsp3) is 0.286. The third-order valence-electron chi connectivity index (χ3n) is 5.51. The van der Waals surface area contributed by atoms with E-state index >= 15 is 0 Å². The van der Waals surface area contributed by atoms with Crippen molar-refractivity contribution in [2.24, 2.45) is 0 Å². The number of phenolic OH excluding ortho intramolecular Hbond substituents is 2. The zero-order valence-corrected chi connectivity index (χ0v) is 16.4. The van der Waals surface area contributed by atoms with E-state index in [1.54, 1.807) is 31.3 Å². The number of hydrogen-bond acceptors (Lipinski definition) is 6. The predicted molar refractivity (Wildman–Crippen MR) is 112 cm³/mol. The molecule has 2 aromatic carbocycles. The van der Waals surface area contributed by atoms with Gasteiger partial charge < -0.3 is 24.6 Å². The molecule has 3 aromatic rings. The van der Waals surface area contributed by atoms with E-state index in [4.69, 9.17) is 23.9 Å². The number of aliphatic hydroxyl groups excluding tert-OH is 1. The number of benzene rings is 2. The van der Waals surface area contributed by atoms with Crippen molar-refractivity contribution in [2.45, 2.75) is 24.4 Å². The first kappa shape index (κ1) is 19.8. The quantitative estimate of drug-likeness (QED) is 0.561. The molecule has 148 valence electrons. The molecule has 2 heterocycles. The van der Waals surface area contributed by atoms with Crippen molar-refractivity contribution in [3.8, 4) is 22.8 Å². The molecule has 2 radical (unpaired) electrons. The highest BCUT2D eigenvalue weighted by Crippen LogP contribution is 2.43. The smallest absolute Gasteiger partial charge is 0.197 e. The predicted octanol–water partition coefficient (Wildman–Crippen LogP) is 2.80. The molecule has 29 heavy (non-hydrogen) atoms. The second kappa shape index (κ2) is 7.41. The number of nitrogens with zero attached hydrogens (tertiary/aromatic N) is 1. The summed E-state index contributed by atoms with van der Waals surface area (Å²) in [5.74, 6) is -1.38. The van der Waals surface area contributed by atoms with Crippen LogP contribution < -0.4 is 5.43 Å². The molecule has 4 rings (SSSR count). The Morgan fingerprint density at radius 3 is 2.66 bits per heavy atom. The SMILES string of the molecule is [B]C1C[C@H](c2c(O)cc(O)c3c(=O)cc(-c4ccccc4Cl)oc23)[C@H](O)CN1C. The molecule has 0 aliphatic carbocycles. The molecule has 3 atom stereocenters. The Hall–Kier alpha value is -2.48. The van der Waals surface area contributed by atoms with Gasteiger partial charge in [0.25, 0.3) is 0 Å².